The monoisotopic (exact) mass is 514 g/mol. The number of likely N-dealkylation sites (N-methyl/N-ethyl adjacent to an activating group) is 1. The van der Waals surface area contributed by atoms with Gasteiger partial charge in [0.2, 0.25) is 17.8 Å². The van der Waals surface area contributed by atoms with Gasteiger partial charge in [-0.25, -0.2) is 13.8 Å². The Bertz CT molecular complexity index is 1310. The van der Waals surface area contributed by atoms with Crippen LogP contribution in [0.4, 0.5) is 20.5 Å². The number of alkyl halides is 2. The molecule has 0 saturated carbocycles. The van der Waals surface area contributed by atoms with Gasteiger partial charge in [-0.3, -0.25) is 14.2 Å². The third-order valence-corrected chi connectivity index (χ3v) is 6.53. The third kappa shape index (κ3) is 5.03. The molecule has 0 spiro atoms. The molecule has 2 aromatic heterocycles. The van der Waals surface area contributed by atoms with Gasteiger partial charge < -0.3 is 24.8 Å². The highest BCUT2D eigenvalue weighted by Crippen LogP contribution is 2.29. The molecular formula is C24H28F2N8O3. The zero-order valence-corrected chi connectivity index (χ0v) is 20.6. The lowest BCUT2D eigenvalue weighted by Crippen LogP contribution is -2.53. The average molecular weight is 515 g/mol. The molecule has 2 aliphatic heterocycles. The number of nitrogens with one attached hydrogen (secondary N) is 1. The summed E-state index contributed by atoms with van der Waals surface area (Å²) in [6.45, 7) is 4.68. The van der Waals surface area contributed by atoms with Crippen molar-refractivity contribution >= 4 is 34.6 Å². The normalized spacial score (nSPS) is 17.5. The molecule has 11 nitrogen and oxygen atoms in total. The zero-order chi connectivity index (χ0) is 26.1. The van der Waals surface area contributed by atoms with Crippen LogP contribution < -0.4 is 10.2 Å². The van der Waals surface area contributed by atoms with Crippen molar-refractivity contribution in [2.24, 2.45) is 0 Å². The largest absolute Gasteiger partial charge is 0.378 e. The van der Waals surface area contributed by atoms with Crippen LogP contribution in [-0.2, 0) is 14.3 Å². The minimum Gasteiger partial charge on any atom is -0.378 e. The third-order valence-electron chi connectivity index (χ3n) is 6.53. The van der Waals surface area contributed by atoms with Crippen molar-refractivity contribution in [1.29, 1.82) is 0 Å². The topological polar surface area (TPSA) is 109 Å². The van der Waals surface area contributed by atoms with E-state index in [1.54, 1.807) is 49.2 Å². The van der Waals surface area contributed by atoms with E-state index >= 15 is 0 Å². The number of ether oxygens (including phenoxy) is 1. The summed E-state index contributed by atoms with van der Waals surface area (Å²) in [5, 5.41) is 3.03. The molecule has 13 heteroatoms. The lowest BCUT2D eigenvalue weighted by molar-refractivity contribution is -0.144. The Kier molecular flexibility index (Phi) is 6.87. The predicted molar refractivity (Wildman–Crippen MR) is 132 cm³/mol. The van der Waals surface area contributed by atoms with E-state index < -0.39 is 18.3 Å². The molecule has 37 heavy (non-hydrogen) atoms. The summed E-state index contributed by atoms with van der Waals surface area (Å²) in [4.78, 5) is 43.4. The van der Waals surface area contributed by atoms with Crippen LogP contribution in [0.15, 0.2) is 30.3 Å². The maximum Gasteiger partial charge on any atom is 0.296 e. The summed E-state index contributed by atoms with van der Waals surface area (Å²) >= 11 is 0. The number of piperazine rings is 1. The maximum atomic E-state index is 14.0. The van der Waals surface area contributed by atoms with Crippen LogP contribution in [0.5, 0.6) is 0 Å². The number of fused-ring (bicyclic) bond motifs is 1. The lowest BCUT2D eigenvalue weighted by Gasteiger charge is -2.33. The molecule has 2 fully saturated rings. The molecule has 0 unspecified atom stereocenters. The molecule has 0 aliphatic carbocycles. The van der Waals surface area contributed by atoms with Gasteiger partial charge in [-0.1, -0.05) is 12.1 Å². The Hall–Kier alpha value is -3.87. The summed E-state index contributed by atoms with van der Waals surface area (Å²) in [5.74, 6) is -0.00586. The Morgan fingerprint density at radius 3 is 2.51 bits per heavy atom. The summed E-state index contributed by atoms with van der Waals surface area (Å²) in [6, 6.07) is 7.74. The molecule has 3 aromatic rings. The number of amides is 2. The first-order chi connectivity index (χ1) is 17.8. The molecular weight excluding hydrogens is 486 g/mol. The Morgan fingerprint density at radius 1 is 1.05 bits per heavy atom. The lowest BCUT2D eigenvalue weighted by atomic mass is 10.2. The maximum absolute atomic E-state index is 14.0. The number of nitrogens with zero attached hydrogens (tertiary/aromatic N) is 7. The van der Waals surface area contributed by atoms with Crippen molar-refractivity contribution in [3.05, 3.63) is 36.2 Å². The van der Waals surface area contributed by atoms with Crippen molar-refractivity contribution in [1.82, 2.24) is 29.3 Å². The Morgan fingerprint density at radius 2 is 1.78 bits per heavy atom. The molecule has 1 N–H and O–H groups in total. The Labute approximate surface area is 212 Å². The molecule has 1 aromatic carbocycles. The first-order valence-electron chi connectivity index (χ1n) is 12.1. The molecule has 5 rings (SSSR count). The van der Waals surface area contributed by atoms with Crippen LogP contribution in [0, 0.1) is 0 Å². The van der Waals surface area contributed by atoms with E-state index in [0.717, 1.165) is 0 Å². The van der Waals surface area contributed by atoms with E-state index in [1.165, 1.54) is 9.47 Å². The number of halogens is 2. The fourth-order valence-corrected chi connectivity index (χ4v) is 4.46. The highest BCUT2D eigenvalue weighted by molar-refractivity contribution is 5.89. The van der Waals surface area contributed by atoms with Crippen LogP contribution in [-0.4, -0.2) is 100 Å². The number of hydrogen-bond acceptors (Lipinski definition) is 8. The number of imidazole rings is 1. The summed E-state index contributed by atoms with van der Waals surface area (Å²) in [6.07, 6.45) is -2.83. The average Bonchev–Trinajstić information content (AvgIpc) is 3.30. The summed E-state index contributed by atoms with van der Waals surface area (Å²) in [7, 11) is 1.70. The number of carbonyl (C=O) groups is 2. The van der Waals surface area contributed by atoms with E-state index in [2.05, 4.69) is 20.3 Å². The highest BCUT2D eigenvalue weighted by Gasteiger charge is 2.29. The molecule has 2 amide bonds. The van der Waals surface area contributed by atoms with Gasteiger partial charge in [-0.15, -0.1) is 0 Å². The van der Waals surface area contributed by atoms with E-state index in [1.807, 2.05) is 4.90 Å². The first kappa shape index (κ1) is 24.8. The van der Waals surface area contributed by atoms with Gasteiger partial charge in [0.15, 0.2) is 5.82 Å². The van der Waals surface area contributed by atoms with E-state index in [9.17, 15) is 18.4 Å². The van der Waals surface area contributed by atoms with Gasteiger partial charge in [0, 0.05) is 39.3 Å². The van der Waals surface area contributed by atoms with E-state index in [0.29, 0.717) is 56.2 Å². The molecule has 2 aliphatic rings. The van der Waals surface area contributed by atoms with Gasteiger partial charge in [-0.05, 0) is 19.1 Å². The van der Waals surface area contributed by atoms with Gasteiger partial charge in [0.1, 0.15) is 17.7 Å². The minimum atomic E-state index is -2.83. The van der Waals surface area contributed by atoms with Crippen LogP contribution in [0.3, 0.4) is 0 Å². The number of hydrogen-bond donors (Lipinski definition) is 1. The molecule has 196 valence electrons. The minimum absolute atomic E-state index is 0.0000519. The fraction of sp³-hybridized carbons (Fsp3) is 0.458. The molecule has 0 bridgehead atoms. The van der Waals surface area contributed by atoms with E-state index in [-0.39, 0.29) is 30.1 Å². The number of rotatable bonds is 6. The highest BCUT2D eigenvalue weighted by atomic mass is 19.3. The fourth-order valence-electron chi connectivity index (χ4n) is 4.46. The number of benzene rings is 1. The Balaban J connectivity index is 1.51. The summed E-state index contributed by atoms with van der Waals surface area (Å²) < 4.78 is 34.8. The van der Waals surface area contributed by atoms with Crippen molar-refractivity contribution in [3.63, 3.8) is 0 Å². The smallest absolute Gasteiger partial charge is 0.296 e. The standard InChI is InChI=1S/C24H28F2N8O3/c1-15(23(36)33-8-7-31(2)20(35)14-33)27-24-29-18(32-9-11-37-12-10-32)13-19(30-24)34-17-6-4-3-5-16(17)28-22(34)21(25)26/h3-6,13,15,21H,7-12,14H2,1-2H3,(H,27,29,30)/t15-/m0/s1. The van der Waals surface area contributed by atoms with Crippen LogP contribution in [0.2, 0.25) is 0 Å². The van der Waals surface area contributed by atoms with Crippen molar-refractivity contribution < 1.29 is 23.1 Å². The second-order valence-electron chi connectivity index (χ2n) is 9.04. The number of aromatic nitrogens is 4. The number of anilines is 2. The van der Waals surface area contributed by atoms with Crippen LogP contribution >= 0.6 is 0 Å². The molecule has 0 radical (unpaired) electrons. The molecule has 2 saturated heterocycles. The quantitative estimate of drug-likeness (QED) is 0.530. The SMILES string of the molecule is C[C@H](Nc1nc(N2CCOCC2)cc(-n2c(C(F)F)nc3ccccc32)n1)C(=O)N1CCN(C)C(=O)C1. The van der Waals surface area contributed by atoms with Gasteiger partial charge in [0.25, 0.3) is 6.43 Å². The van der Waals surface area contributed by atoms with Crippen LogP contribution in [0.1, 0.15) is 19.2 Å². The first-order valence-corrected chi connectivity index (χ1v) is 12.1. The van der Waals surface area contributed by atoms with Crippen molar-refractivity contribution in [2.45, 2.75) is 19.4 Å². The predicted octanol–water partition coefficient (Wildman–Crippen LogP) is 1.69. The van der Waals surface area contributed by atoms with Gasteiger partial charge in [-0.2, -0.15) is 9.97 Å². The van der Waals surface area contributed by atoms with E-state index in [4.69, 9.17) is 4.74 Å². The zero-order valence-electron chi connectivity index (χ0n) is 20.6. The van der Waals surface area contributed by atoms with Crippen molar-refractivity contribution in [3.8, 4) is 5.82 Å². The summed E-state index contributed by atoms with van der Waals surface area (Å²) in [5.41, 5.74) is 0.901. The van der Waals surface area contributed by atoms with Crippen LogP contribution in [0.25, 0.3) is 16.9 Å². The van der Waals surface area contributed by atoms with Gasteiger partial charge in [0.05, 0.1) is 30.8 Å². The number of para-hydroxylation sites is 2. The second kappa shape index (κ2) is 10.2. The second-order valence-corrected chi connectivity index (χ2v) is 9.04. The molecule has 1 atom stereocenters. The van der Waals surface area contributed by atoms with Gasteiger partial charge >= 0.3 is 0 Å². The van der Waals surface area contributed by atoms with Crippen molar-refractivity contribution in [2.75, 3.05) is 63.2 Å². The molecule has 4 heterocycles. The number of morpholine rings is 1. The number of carbonyl (C=O) groups excluding carboxylic acids is 2.